The van der Waals surface area contributed by atoms with Gasteiger partial charge in [0.15, 0.2) is 0 Å². The fourth-order valence-electron chi connectivity index (χ4n) is 3.00. The number of aliphatic hydroxyl groups excluding tert-OH is 1. The monoisotopic (exact) mass is 255 g/mol. The van der Waals surface area contributed by atoms with Crippen LogP contribution in [0.3, 0.4) is 0 Å². The molecule has 104 valence electrons. The predicted molar refractivity (Wildman–Crippen MR) is 69.3 cm³/mol. The molecular weight excluding hydrogens is 230 g/mol. The van der Waals surface area contributed by atoms with E-state index in [1.165, 1.54) is 6.42 Å². The summed E-state index contributed by atoms with van der Waals surface area (Å²) in [6, 6.07) is 0.0458. The number of rotatable bonds is 4. The third-order valence-corrected chi connectivity index (χ3v) is 4.11. The topological polar surface area (TPSA) is 49.8 Å². The van der Waals surface area contributed by atoms with Gasteiger partial charge < -0.3 is 14.7 Å². The molecule has 2 fully saturated rings. The average molecular weight is 255 g/mol. The number of carbonyl (C=O) groups is 1. The Hall–Kier alpha value is -0.610. The highest BCUT2D eigenvalue weighted by Crippen LogP contribution is 2.21. The maximum atomic E-state index is 12.2. The quantitative estimate of drug-likeness (QED) is 0.832. The zero-order valence-corrected chi connectivity index (χ0v) is 11.1. The molecule has 4 heteroatoms. The van der Waals surface area contributed by atoms with Crippen LogP contribution in [0, 0.1) is 0 Å². The van der Waals surface area contributed by atoms with E-state index in [1.807, 2.05) is 4.90 Å². The van der Waals surface area contributed by atoms with Gasteiger partial charge in [0, 0.05) is 19.6 Å². The molecule has 4 nitrogen and oxygen atoms in total. The van der Waals surface area contributed by atoms with Gasteiger partial charge >= 0.3 is 0 Å². The van der Waals surface area contributed by atoms with Gasteiger partial charge in [-0.25, -0.2) is 0 Å². The van der Waals surface area contributed by atoms with Crippen LogP contribution in [0.2, 0.25) is 0 Å². The van der Waals surface area contributed by atoms with Gasteiger partial charge in [0.05, 0.1) is 18.8 Å². The largest absolute Gasteiger partial charge is 0.394 e. The number of aliphatic hydroxyl groups is 1. The third kappa shape index (κ3) is 3.69. The van der Waals surface area contributed by atoms with Crippen LogP contribution in [0.4, 0.5) is 0 Å². The second kappa shape index (κ2) is 7.10. The van der Waals surface area contributed by atoms with E-state index in [4.69, 9.17) is 4.74 Å². The smallest absolute Gasteiger partial charge is 0.222 e. The Kier molecular flexibility index (Phi) is 5.45. The lowest BCUT2D eigenvalue weighted by molar-refractivity contribution is -0.135. The SMILES string of the molecule is O=C(CCC1CCCO1)N1CCCCCC1CO. The van der Waals surface area contributed by atoms with Crippen LogP contribution in [-0.2, 0) is 9.53 Å². The van der Waals surface area contributed by atoms with E-state index in [1.54, 1.807) is 0 Å². The molecule has 2 heterocycles. The molecule has 2 unspecified atom stereocenters. The van der Waals surface area contributed by atoms with Crippen LogP contribution in [-0.4, -0.2) is 47.8 Å². The summed E-state index contributed by atoms with van der Waals surface area (Å²) in [6.07, 6.45) is 8.23. The highest BCUT2D eigenvalue weighted by Gasteiger charge is 2.25. The van der Waals surface area contributed by atoms with Crippen LogP contribution in [0.25, 0.3) is 0 Å². The second-order valence-corrected chi connectivity index (χ2v) is 5.45. The number of likely N-dealkylation sites (tertiary alicyclic amines) is 1. The Labute approximate surface area is 109 Å². The lowest BCUT2D eigenvalue weighted by atomic mass is 10.1. The van der Waals surface area contributed by atoms with Gasteiger partial charge in [-0.3, -0.25) is 4.79 Å². The van der Waals surface area contributed by atoms with E-state index in [9.17, 15) is 9.90 Å². The zero-order chi connectivity index (χ0) is 12.8. The molecule has 0 radical (unpaired) electrons. The second-order valence-electron chi connectivity index (χ2n) is 5.45. The van der Waals surface area contributed by atoms with Crippen molar-refractivity contribution < 1.29 is 14.6 Å². The molecule has 2 aliphatic heterocycles. The summed E-state index contributed by atoms with van der Waals surface area (Å²) < 4.78 is 5.55. The van der Waals surface area contributed by atoms with E-state index < -0.39 is 0 Å². The first-order chi connectivity index (χ1) is 8.81. The molecule has 1 amide bonds. The summed E-state index contributed by atoms with van der Waals surface area (Å²) >= 11 is 0. The first kappa shape index (κ1) is 13.8. The van der Waals surface area contributed by atoms with Crippen molar-refractivity contribution in [1.82, 2.24) is 4.90 Å². The van der Waals surface area contributed by atoms with Crippen molar-refractivity contribution in [3.8, 4) is 0 Å². The summed E-state index contributed by atoms with van der Waals surface area (Å²) in [5, 5.41) is 9.40. The molecule has 0 aliphatic carbocycles. The number of amides is 1. The van der Waals surface area contributed by atoms with Crippen LogP contribution in [0.5, 0.6) is 0 Å². The summed E-state index contributed by atoms with van der Waals surface area (Å²) in [6.45, 7) is 1.77. The molecule has 0 aromatic heterocycles. The van der Waals surface area contributed by atoms with Gasteiger partial charge in [0.2, 0.25) is 5.91 Å². The van der Waals surface area contributed by atoms with Crippen LogP contribution < -0.4 is 0 Å². The minimum atomic E-state index is 0.0458. The number of ether oxygens (including phenoxy) is 1. The zero-order valence-electron chi connectivity index (χ0n) is 11.1. The first-order valence-corrected chi connectivity index (χ1v) is 7.33. The van der Waals surface area contributed by atoms with Crippen molar-refractivity contribution in [2.24, 2.45) is 0 Å². The predicted octanol–water partition coefficient (Wildman–Crippen LogP) is 1.71. The molecule has 1 N–H and O–H groups in total. The van der Waals surface area contributed by atoms with E-state index in [2.05, 4.69) is 0 Å². The summed E-state index contributed by atoms with van der Waals surface area (Å²) in [5.74, 6) is 0.200. The fourth-order valence-corrected chi connectivity index (χ4v) is 3.00. The van der Waals surface area contributed by atoms with Crippen LogP contribution in [0.15, 0.2) is 0 Å². The molecule has 0 bridgehead atoms. The number of carbonyl (C=O) groups excluding carboxylic acids is 1. The van der Waals surface area contributed by atoms with Gasteiger partial charge in [-0.1, -0.05) is 12.8 Å². The van der Waals surface area contributed by atoms with E-state index in [0.717, 1.165) is 51.7 Å². The molecule has 18 heavy (non-hydrogen) atoms. The first-order valence-electron chi connectivity index (χ1n) is 7.33. The van der Waals surface area contributed by atoms with E-state index in [0.29, 0.717) is 6.42 Å². The van der Waals surface area contributed by atoms with E-state index >= 15 is 0 Å². The number of nitrogens with zero attached hydrogens (tertiary/aromatic N) is 1. The summed E-state index contributed by atoms with van der Waals surface area (Å²) in [5.41, 5.74) is 0. The van der Waals surface area contributed by atoms with Crippen molar-refractivity contribution in [3.63, 3.8) is 0 Å². The lowest BCUT2D eigenvalue weighted by Gasteiger charge is -2.29. The molecule has 2 atom stereocenters. The molecule has 2 aliphatic rings. The Morgan fingerprint density at radius 1 is 1.22 bits per heavy atom. The summed E-state index contributed by atoms with van der Waals surface area (Å²) in [7, 11) is 0. The lowest BCUT2D eigenvalue weighted by Crippen LogP contribution is -2.42. The van der Waals surface area contributed by atoms with Gasteiger partial charge in [-0.2, -0.15) is 0 Å². The van der Waals surface area contributed by atoms with Crippen LogP contribution in [0.1, 0.15) is 51.4 Å². The Bertz CT molecular complexity index is 264. The normalized spacial score (nSPS) is 29.3. The third-order valence-electron chi connectivity index (χ3n) is 4.11. The summed E-state index contributed by atoms with van der Waals surface area (Å²) in [4.78, 5) is 14.1. The van der Waals surface area contributed by atoms with Gasteiger partial charge in [-0.05, 0) is 32.1 Å². The Morgan fingerprint density at radius 2 is 2.11 bits per heavy atom. The Balaban J connectivity index is 1.80. The van der Waals surface area contributed by atoms with Crippen LogP contribution >= 0.6 is 0 Å². The van der Waals surface area contributed by atoms with Gasteiger partial charge in [0.25, 0.3) is 0 Å². The van der Waals surface area contributed by atoms with Crippen molar-refractivity contribution >= 4 is 5.91 Å². The fraction of sp³-hybridized carbons (Fsp3) is 0.929. The van der Waals surface area contributed by atoms with E-state index in [-0.39, 0.29) is 24.7 Å². The average Bonchev–Trinajstić information content (AvgIpc) is 2.79. The molecule has 2 saturated heterocycles. The molecule has 2 rings (SSSR count). The minimum Gasteiger partial charge on any atom is -0.394 e. The van der Waals surface area contributed by atoms with Gasteiger partial charge in [-0.15, -0.1) is 0 Å². The Morgan fingerprint density at radius 3 is 2.83 bits per heavy atom. The minimum absolute atomic E-state index is 0.0458. The molecular formula is C14H25NO3. The number of hydrogen-bond donors (Lipinski definition) is 1. The maximum absolute atomic E-state index is 12.2. The maximum Gasteiger partial charge on any atom is 0.222 e. The molecule has 0 aromatic carbocycles. The van der Waals surface area contributed by atoms with Gasteiger partial charge in [0.1, 0.15) is 0 Å². The van der Waals surface area contributed by atoms with Crippen molar-refractivity contribution in [3.05, 3.63) is 0 Å². The molecule has 0 aromatic rings. The highest BCUT2D eigenvalue weighted by atomic mass is 16.5. The molecule has 0 saturated carbocycles. The standard InChI is InChI=1S/C14H25NO3/c16-11-12-5-2-1-3-9-15(12)14(17)8-7-13-6-4-10-18-13/h12-13,16H,1-11H2. The molecule has 0 spiro atoms. The number of hydrogen-bond acceptors (Lipinski definition) is 3. The van der Waals surface area contributed by atoms with Crippen molar-refractivity contribution in [1.29, 1.82) is 0 Å². The van der Waals surface area contributed by atoms with Crippen molar-refractivity contribution in [2.45, 2.75) is 63.5 Å². The van der Waals surface area contributed by atoms with Crippen molar-refractivity contribution in [2.75, 3.05) is 19.8 Å². The highest BCUT2D eigenvalue weighted by molar-refractivity contribution is 5.76.